The van der Waals surface area contributed by atoms with Crippen LogP contribution in [0.2, 0.25) is 0 Å². The van der Waals surface area contributed by atoms with E-state index in [2.05, 4.69) is 0 Å². The SMILES string of the molecule is CSCCC(O)c1ccc2c(c1)N(C)C(=O)CO2. The van der Waals surface area contributed by atoms with Gasteiger partial charge in [-0.3, -0.25) is 4.79 Å². The summed E-state index contributed by atoms with van der Waals surface area (Å²) < 4.78 is 5.35. The van der Waals surface area contributed by atoms with Crippen LogP contribution in [0.5, 0.6) is 5.75 Å². The van der Waals surface area contributed by atoms with E-state index in [0.717, 1.165) is 17.0 Å². The molecule has 1 aromatic rings. The first-order valence-electron chi connectivity index (χ1n) is 5.83. The first-order valence-corrected chi connectivity index (χ1v) is 7.23. The van der Waals surface area contributed by atoms with Gasteiger partial charge < -0.3 is 14.7 Å². The maximum Gasteiger partial charge on any atom is 0.264 e. The lowest BCUT2D eigenvalue weighted by Gasteiger charge is -2.27. The van der Waals surface area contributed by atoms with Gasteiger partial charge >= 0.3 is 0 Å². The van der Waals surface area contributed by atoms with E-state index in [9.17, 15) is 9.90 Å². The lowest BCUT2D eigenvalue weighted by Crippen LogP contribution is -2.35. The number of hydrogen-bond donors (Lipinski definition) is 1. The number of fused-ring (bicyclic) bond motifs is 1. The summed E-state index contributed by atoms with van der Waals surface area (Å²) in [5.74, 6) is 1.53. The lowest BCUT2D eigenvalue weighted by atomic mass is 10.1. The van der Waals surface area contributed by atoms with Crippen LogP contribution in [-0.4, -0.2) is 36.7 Å². The topological polar surface area (TPSA) is 49.8 Å². The summed E-state index contributed by atoms with van der Waals surface area (Å²) in [4.78, 5) is 13.1. The maximum absolute atomic E-state index is 11.5. The van der Waals surface area contributed by atoms with Gasteiger partial charge in [0, 0.05) is 7.05 Å². The Labute approximate surface area is 111 Å². The molecule has 0 aromatic heterocycles. The highest BCUT2D eigenvalue weighted by Crippen LogP contribution is 2.34. The monoisotopic (exact) mass is 267 g/mol. The van der Waals surface area contributed by atoms with Crippen LogP contribution in [0.15, 0.2) is 18.2 Å². The summed E-state index contributed by atoms with van der Waals surface area (Å²) in [6, 6.07) is 5.50. The van der Waals surface area contributed by atoms with Crippen molar-refractivity contribution < 1.29 is 14.6 Å². The number of carbonyl (C=O) groups excluding carboxylic acids is 1. The zero-order valence-electron chi connectivity index (χ0n) is 10.5. The normalized spacial score (nSPS) is 16.2. The molecule has 1 aliphatic heterocycles. The molecular formula is C13H17NO3S. The lowest BCUT2D eigenvalue weighted by molar-refractivity contribution is -0.120. The highest BCUT2D eigenvalue weighted by Gasteiger charge is 2.23. The minimum Gasteiger partial charge on any atom is -0.482 e. The van der Waals surface area contributed by atoms with Gasteiger partial charge in [-0.15, -0.1) is 0 Å². The van der Waals surface area contributed by atoms with E-state index < -0.39 is 6.10 Å². The summed E-state index contributed by atoms with van der Waals surface area (Å²) in [5.41, 5.74) is 1.56. The smallest absolute Gasteiger partial charge is 0.264 e. The standard InChI is InChI=1S/C13H17NO3S/c1-14-10-7-9(11(15)5-6-18-2)3-4-12(10)17-8-13(14)16/h3-4,7,11,15H,5-6,8H2,1-2H3. The largest absolute Gasteiger partial charge is 0.482 e. The van der Waals surface area contributed by atoms with Crippen LogP contribution in [0.1, 0.15) is 18.1 Å². The van der Waals surface area contributed by atoms with Crippen molar-refractivity contribution in [3.8, 4) is 5.75 Å². The molecule has 4 nitrogen and oxygen atoms in total. The van der Waals surface area contributed by atoms with Gasteiger partial charge in [-0.1, -0.05) is 6.07 Å². The Balaban J connectivity index is 2.23. The molecule has 0 saturated heterocycles. The number of aliphatic hydroxyl groups is 1. The van der Waals surface area contributed by atoms with Crippen LogP contribution in [0.25, 0.3) is 0 Å². The number of ether oxygens (including phenoxy) is 1. The highest BCUT2D eigenvalue weighted by atomic mass is 32.2. The fourth-order valence-electron chi connectivity index (χ4n) is 1.89. The minimum atomic E-state index is -0.492. The van der Waals surface area contributed by atoms with Gasteiger partial charge in [-0.2, -0.15) is 11.8 Å². The summed E-state index contributed by atoms with van der Waals surface area (Å²) in [7, 11) is 1.72. The molecule has 1 aliphatic rings. The van der Waals surface area contributed by atoms with Crippen LogP contribution in [0.3, 0.4) is 0 Å². The molecule has 2 rings (SSSR count). The molecule has 0 aliphatic carbocycles. The summed E-state index contributed by atoms with van der Waals surface area (Å²) in [6.07, 6.45) is 2.23. The third kappa shape index (κ3) is 2.62. The zero-order chi connectivity index (χ0) is 13.1. The number of anilines is 1. The van der Waals surface area contributed by atoms with Crippen molar-refractivity contribution in [1.82, 2.24) is 0 Å². The fourth-order valence-corrected chi connectivity index (χ4v) is 2.35. The molecule has 18 heavy (non-hydrogen) atoms. The average Bonchev–Trinajstić information content (AvgIpc) is 2.40. The molecule has 1 unspecified atom stereocenters. The summed E-state index contributed by atoms with van der Waals surface area (Å²) >= 11 is 1.71. The van der Waals surface area contributed by atoms with Crippen molar-refractivity contribution in [2.24, 2.45) is 0 Å². The second kappa shape index (κ2) is 5.63. The molecule has 0 radical (unpaired) electrons. The Morgan fingerprint density at radius 2 is 2.33 bits per heavy atom. The Bertz CT molecular complexity index is 450. The molecule has 1 amide bonds. The molecule has 1 atom stereocenters. The van der Waals surface area contributed by atoms with Gasteiger partial charge in [0.05, 0.1) is 11.8 Å². The quantitative estimate of drug-likeness (QED) is 0.904. The van der Waals surface area contributed by atoms with Crippen LogP contribution < -0.4 is 9.64 Å². The first kappa shape index (κ1) is 13.2. The molecule has 0 saturated carbocycles. The molecule has 1 aromatic carbocycles. The zero-order valence-corrected chi connectivity index (χ0v) is 11.4. The van der Waals surface area contributed by atoms with Gasteiger partial charge in [0.1, 0.15) is 5.75 Å². The van der Waals surface area contributed by atoms with Crippen molar-refractivity contribution in [3.63, 3.8) is 0 Å². The number of nitrogens with zero attached hydrogens (tertiary/aromatic N) is 1. The molecule has 0 bridgehead atoms. The number of likely N-dealkylation sites (N-methyl/N-ethyl adjacent to an activating group) is 1. The molecular weight excluding hydrogens is 250 g/mol. The Kier molecular flexibility index (Phi) is 4.14. The third-order valence-corrected chi connectivity index (χ3v) is 3.69. The Morgan fingerprint density at radius 3 is 3.06 bits per heavy atom. The van der Waals surface area contributed by atoms with Crippen molar-refractivity contribution in [2.45, 2.75) is 12.5 Å². The van der Waals surface area contributed by atoms with Gasteiger partial charge in [0.15, 0.2) is 6.61 Å². The van der Waals surface area contributed by atoms with Crippen LogP contribution in [-0.2, 0) is 4.79 Å². The van der Waals surface area contributed by atoms with E-state index >= 15 is 0 Å². The van der Waals surface area contributed by atoms with E-state index in [1.807, 2.05) is 24.5 Å². The average molecular weight is 267 g/mol. The molecule has 0 spiro atoms. The molecule has 0 fully saturated rings. The van der Waals surface area contributed by atoms with Crippen molar-refractivity contribution >= 4 is 23.4 Å². The Morgan fingerprint density at radius 1 is 1.56 bits per heavy atom. The first-order chi connectivity index (χ1) is 8.63. The van der Waals surface area contributed by atoms with Crippen LogP contribution >= 0.6 is 11.8 Å². The third-order valence-electron chi connectivity index (χ3n) is 3.05. The molecule has 98 valence electrons. The fraction of sp³-hybridized carbons (Fsp3) is 0.462. The summed E-state index contributed by atoms with van der Waals surface area (Å²) in [5, 5.41) is 10.0. The number of amides is 1. The number of hydrogen-bond acceptors (Lipinski definition) is 4. The van der Waals surface area contributed by atoms with E-state index in [1.165, 1.54) is 0 Å². The maximum atomic E-state index is 11.5. The van der Waals surface area contributed by atoms with E-state index in [1.54, 1.807) is 23.7 Å². The van der Waals surface area contributed by atoms with Gasteiger partial charge in [-0.25, -0.2) is 0 Å². The number of rotatable bonds is 4. The van der Waals surface area contributed by atoms with Crippen LogP contribution in [0.4, 0.5) is 5.69 Å². The summed E-state index contributed by atoms with van der Waals surface area (Å²) in [6.45, 7) is 0.0812. The number of carbonyl (C=O) groups is 1. The predicted octanol–water partition coefficient (Wildman–Crippen LogP) is 1.83. The second-order valence-electron chi connectivity index (χ2n) is 4.27. The highest BCUT2D eigenvalue weighted by molar-refractivity contribution is 7.98. The van der Waals surface area contributed by atoms with Gasteiger partial charge in [0.2, 0.25) is 0 Å². The van der Waals surface area contributed by atoms with E-state index in [-0.39, 0.29) is 12.5 Å². The molecule has 5 heteroatoms. The predicted molar refractivity (Wildman–Crippen MR) is 73.3 cm³/mol. The number of aliphatic hydroxyl groups excluding tert-OH is 1. The van der Waals surface area contributed by atoms with Crippen molar-refractivity contribution in [2.75, 3.05) is 30.6 Å². The van der Waals surface area contributed by atoms with E-state index in [0.29, 0.717) is 12.2 Å². The minimum absolute atomic E-state index is 0.0711. The van der Waals surface area contributed by atoms with Gasteiger partial charge in [-0.05, 0) is 36.1 Å². The number of benzene rings is 1. The van der Waals surface area contributed by atoms with Crippen molar-refractivity contribution in [3.05, 3.63) is 23.8 Å². The van der Waals surface area contributed by atoms with Gasteiger partial charge in [0.25, 0.3) is 5.91 Å². The van der Waals surface area contributed by atoms with Crippen LogP contribution in [0, 0.1) is 0 Å². The van der Waals surface area contributed by atoms with Crippen molar-refractivity contribution in [1.29, 1.82) is 0 Å². The molecule has 1 N–H and O–H groups in total. The number of thioether (sulfide) groups is 1. The Hall–Kier alpha value is -1.20. The second-order valence-corrected chi connectivity index (χ2v) is 5.25. The molecule has 1 heterocycles. The van der Waals surface area contributed by atoms with E-state index in [4.69, 9.17) is 4.74 Å².